The Kier molecular flexibility index (Phi) is 7.01. The number of hydrogen-bond donors (Lipinski definition) is 0. The van der Waals surface area contributed by atoms with Gasteiger partial charge in [0.2, 0.25) is 6.79 Å². The number of Topliss-reactive ketones (excluding diaryl/α,β-unsaturated/α-hetero) is 1. The van der Waals surface area contributed by atoms with E-state index in [4.69, 9.17) is 9.47 Å². The Morgan fingerprint density at radius 1 is 0.769 bits per heavy atom. The van der Waals surface area contributed by atoms with Crippen LogP contribution in [0.1, 0.15) is 36.8 Å². The fourth-order valence-electron chi connectivity index (χ4n) is 5.61. The maximum Gasteiger partial charge on any atom is 0.231 e. The number of carbonyl (C=O) groups is 1. The van der Waals surface area contributed by atoms with E-state index in [9.17, 15) is 4.79 Å². The number of ketones is 1. The van der Waals surface area contributed by atoms with Crippen LogP contribution in [0, 0.1) is 0 Å². The first-order valence-corrected chi connectivity index (χ1v) is 13.5. The topological polar surface area (TPSA) is 38.8 Å². The Morgan fingerprint density at radius 3 is 2.10 bits per heavy atom. The molecule has 0 bridgehead atoms. The predicted molar refractivity (Wildman–Crippen MR) is 156 cm³/mol. The Labute approximate surface area is 229 Å². The Balaban J connectivity index is 1.41. The van der Waals surface area contributed by atoms with Crippen molar-refractivity contribution in [3.8, 4) is 11.5 Å². The number of anilines is 2. The Morgan fingerprint density at radius 2 is 1.41 bits per heavy atom. The molecule has 0 spiro atoms. The van der Waals surface area contributed by atoms with Gasteiger partial charge in [0.05, 0.1) is 5.41 Å². The summed E-state index contributed by atoms with van der Waals surface area (Å²) in [5, 5.41) is 0. The van der Waals surface area contributed by atoms with Crippen molar-refractivity contribution in [1.29, 1.82) is 0 Å². The largest absolute Gasteiger partial charge is 0.454 e. The van der Waals surface area contributed by atoms with Crippen LogP contribution >= 0.6 is 0 Å². The minimum Gasteiger partial charge on any atom is -0.454 e. The molecular weight excluding hydrogens is 482 g/mol. The lowest BCUT2D eigenvalue weighted by molar-refractivity contribution is -0.122. The Bertz CT molecular complexity index is 1460. The van der Waals surface area contributed by atoms with Gasteiger partial charge >= 0.3 is 0 Å². The molecule has 4 aromatic carbocycles. The lowest BCUT2D eigenvalue weighted by atomic mass is 9.65. The molecule has 2 aliphatic rings. The second-order valence-corrected chi connectivity index (χ2v) is 10.0. The van der Waals surface area contributed by atoms with Crippen molar-refractivity contribution in [3.63, 3.8) is 0 Å². The van der Waals surface area contributed by atoms with Crippen LogP contribution in [0.15, 0.2) is 127 Å². The summed E-state index contributed by atoms with van der Waals surface area (Å²) in [5.41, 5.74) is 4.29. The van der Waals surface area contributed by atoms with E-state index in [1.807, 2.05) is 72.8 Å². The van der Waals surface area contributed by atoms with E-state index in [0.29, 0.717) is 12.2 Å². The molecule has 4 heteroatoms. The number of nitrogens with zero attached hydrogens (tertiary/aromatic N) is 1. The molecule has 0 saturated heterocycles. The highest BCUT2D eigenvalue weighted by atomic mass is 16.7. The number of benzene rings is 4. The van der Waals surface area contributed by atoms with Gasteiger partial charge in [-0.2, -0.15) is 0 Å². The quantitative estimate of drug-likeness (QED) is 0.233. The van der Waals surface area contributed by atoms with Gasteiger partial charge in [-0.05, 0) is 73.2 Å². The van der Waals surface area contributed by atoms with E-state index in [2.05, 4.69) is 59.7 Å². The lowest BCUT2D eigenvalue weighted by Gasteiger charge is -2.37. The van der Waals surface area contributed by atoms with E-state index in [1.54, 1.807) is 0 Å². The summed E-state index contributed by atoms with van der Waals surface area (Å²) in [6.45, 7) is 0.210. The van der Waals surface area contributed by atoms with E-state index < -0.39 is 5.41 Å². The van der Waals surface area contributed by atoms with Crippen LogP contribution in [0.2, 0.25) is 0 Å². The van der Waals surface area contributed by atoms with Gasteiger partial charge in [-0.15, -0.1) is 0 Å². The molecule has 0 unspecified atom stereocenters. The van der Waals surface area contributed by atoms with Gasteiger partial charge in [-0.25, -0.2) is 0 Å². The van der Waals surface area contributed by atoms with Gasteiger partial charge in [0, 0.05) is 23.1 Å². The second kappa shape index (κ2) is 11.0. The monoisotopic (exact) mass is 513 g/mol. The van der Waals surface area contributed by atoms with Gasteiger partial charge in [0.15, 0.2) is 17.3 Å². The molecule has 4 aromatic rings. The van der Waals surface area contributed by atoms with Gasteiger partial charge in [0.1, 0.15) is 0 Å². The molecule has 0 amide bonds. The predicted octanol–water partition coefficient (Wildman–Crippen LogP) is 8.23. The fraction of sp³-hybridized carbons (Fsp3) is 0.171. The first-order chi connectivity index (χ1) is 19.2. The molecule has 194 valence electrons. The van der Waals surface area contributed by atoms with E-state index >= 15 is 0 Å². The van der Waals surface area contributed by atoms with Gasteiger partial charge in [-0.1, -0.05) is 84.9 Å². The zero-order valence-corrected chi connectivity index (χ0v) is 21.8. The molecule has 1 aliphatic heterocycles. The first-order valence-electron chi connectivity index (χ1n) is 13.5. The Hall–Kier alpha value is -4.57. The number of carbonyl (C=O) groups excluding carboxylic acids is 1. The molecular formula is C35H31NO3. The number of hydrogen-bond acceptors (Lipinski definition) is 4. The molecule has 0 radical (unpaired) electrons. The van der Waals surface area contributed by atoms with Crippen molar-refractivity contribution in [3.05, 3.63) is 138 Å². The van der Waals surface area contributed by atoms with E-state index in [-0.39, 0.29) is 12.6 Å². The first kappa shape index (κ1) is 24.7. The third kappa shape index (κ3) is 5.10. The summed E-state index contributed by atoms with van der Waals surface area (Å²) in [6.07, 6.45) is 9.35. The van der Waals surface area contributed by atoms with Gasteiger partial charge in [0.25, 0.3) is 0 Å². The summed E-state index contributed by atoms with van der Waals surface area (Å²) in [6, 6.07) is 36.6. The van der Waals surface area contributed by atoms with Crippen LogP contribution in [0.4, 0.5) is 11.4 Å². The molecule has 4 nitrogen and oxygen atoms in total. The number of ether oxygens (including phenoxy) is 2. The van der Waals surface area contributed by atoms with Crippen LogP contribution in [0.5, 0.6) is 11.5 Å². The molecule has 1 aliphatic carbocycles. The normalized spacial score (nSPS) is 19.5. The summed E-state index contributed by atoms with van der Waals surface area (Å²) >= 11 is 0. The molecule has 1 atom stereocenters. The van der Waals surface area contributed by atoms with Crippen LogP contribution in [0.3, 0.4) is 0 Å². The number of fused-ring (bicyclic) bond motifs is 1. The van der Waals surface area contributed by atoms with Crippen LogP contribution in [-0.4, -0.2) is 12.6 Å². The standard InChI is InChI=1S/C35H31NO3/c37-34-28(25-36(30-16-6-2-7-17-30)31-18-8-3-9-19-31)15-11-23-35(34,22-10-14-27-12-4-1-5-13-27)29-20-21-32-33(24-29)39-26-38-32/h1-10,12-14,16-21,24-25H,11,15,22-23,26H2/b14-10+,28-25+/t35-/m1/s1. The molecule has 39 heavy (non-hydrogen) atoms. The van der Waals surface area contributed by atoms with Crippen molar-refractivity contribution in [2.24, 2.45) is 0 Å². The molecule has 0 N–H and O–H groups in total. The van der Waals surface area contributed by atoms with Crippen molar-refractivity contribution >= 4 is 23.2 Å². The molecule has 1 heterocycles. The van der Waals surface area contributed by atoms with Crippen LogP contribution in [0.25, 0.3) is 6.08 Å². The average Bonchev–Trinajstić information content (AvgIpc) is 3.47. The maximum absolute atomic E-state index is 14.6. The lowest BCUT2D eigenvalue weighted by Crippen LogP contribution is -2.40. The third-order valence-electron chi connectivity index (χ3n) is 7.63. The number of allylic oxidation sites excluding steroid dienone is 2. The minimum absolute atomic E-state index is 0.169. The van der Waals surface area contributed by atoms with E-state index in [1.165, 1.54) is 0 Å². The third-order valence-corrected chi connectivity index (χ3v) is 7.63. The van der Waals surface area contributed by atoms with Crippen LogP contribution in [-0.2, 0) is 10.2 Å². The highest BCUT2D eigenvalue weighted by Crippen LogP contribution is 2.46. The number of rotatable bonds is 7. The molecule has 0 aromatic heterocycles. The summed E-state index contributed by atoms with van der Waals surface area (Å²) in [7, 11) is 0. The van der Waals surface area contributed by atoms with Gasteiger partial charge in [-0.3, -0.25) is 4.79 Å². The van der Waals surface area contributed by atoms with Crippen molar-refractivity contribution in [2.75, 3.05) is 11.7 Å². The fourth-order valence-corrected chi connectivity index (χ4v) is 5.61. The van der Waals surface area contributed by atoms with Crippen molar-refractivity contribution in [1.82, 2.24) is 0 Å². The molecule has 1 saturated carbocycles. The highest BCUT2D eigenvalue weighted by molar-refractivity contribution is 6.05. The molecule has 6 rings (SSSR count). The van der Waals surface area contributed by atoms with E-state index in [0.717, 1.165) is 53.1 Å². The molecule has 1 fully saturated rings. The second-order valence-electron chi connectivity index (χ2n) is 10.0. The zero-order chi connectivity index (χ0) is 26.5. The SMILES string of the molecule is O=C1/C(=C/N(c2ccccc2)c2ccccc2)CCC[C@]1(C/C=C/c1ccccc1)c1ccc2c(c1)OCO2. The summed E-state index contributed by atoms with van der Waals surface area (Å²) < 4.78 is 11.3. The zero-order valence-electron chi connectivity index (χ0n) is 21.8. The van der Waals surface area contributed by atoms with Crippen molar-refractivity contribution < 1.29 is 14.3 Å². The summed E-state index contributed by atoms with van der Waals surface area (Å²) in [4.78, 5) is 16.7. The maximum atomic E-state index is 14.6. The summed E-state index contributed by atoms with van der Waals surface area (Å²) in [5.74, 6) is 1.60. The highest BCUT2D eigenvalue weighted by Gasteiger charge is 2.43. The smallest absolute Gasteiger partial charge is 0.231 e. The number of para-hydroxylation sites is 2. The minimum atomic E-state index is -0.685. The van der Waals surface area contributed by atoms with Crippen molar-refractivity contribution in [2.45, 2.75) is 31.1 Å². The average molecular weight is 514 g/mol. The van der Waals surface area contributed by atoms with Gasteiger partial charge < -0.3 is 14.4 Å². The van der Waals surface area contributed by atoms with Crippen LogP contribution < -0.4 is 14.4 Å².